The fraction of sp³-hybridized carbons (Fsp3) is 0.417. The van der Waals surface area contributed by atoms with E-state index in [-0.39, 0.29) is 17.3 Å². The highest BCUT2D eigenvalue weighted by atomic mass is 16.6. The Kier molecular flexibility index (Phi) is 3.90. The largest absolute Gasteiger partial charge is 0.393 e. The number of nitro groups is 1. The number of anilines is 1. The van der Waals surface area contributed by atoms with Gasteiger partial charge in [0.25, 0.3) is 5.69 Å². The molecule has 0 fully saturated rings. The standard InChI is InChI=1S/C12H17N3O3/c1-8(16)14-7-12(2,3)9-4-5-10(13)11(6-9)15(17)18/h4-6H,7,13H2,1-3H3,(H,14,16). The predicted molar refractivity (Wildman–Crippen MR) is 69.2 cm³/mol. The second kappa shape index (κ2) is 5.03. The quantitative estimate of drug-likeness (QED) is 0.482. The molecule has 0 heterocycles. The second-order valence-corrected chi connectivity index (χ2v) is 4.82. The Morgan fingerprint density at radius 1 is 1.50 bits per heavy atom. The van der Waals surface area contributed by atoms with Gasteiger partial charge in [-0.1, -0.05) is 19.9 Å². The minimum absolute atomic E-state index is 0.108. The number of amides is 1. The second-order valence-electron chi connectivity index (χ2n) is 4.82. The Balaban J connectivity index is 3.05. The summed E-state index contributed by atoms with van der Waals surface area (Å²) in [5.41, 5.74) is 5.94. The van der Waals surface area contributed by atoms with Gasteiger partial charge < -0.3 is 11.1 Å². The highest BCUT2D eigenvalue weighted by Crippen LogP contribution is 2.29. The Hall–Kier alpha value is -2.11. The summed E-state index contributed by atoms with van der Waals surface area (Å²) in [6.45, 7) is 5.64. The molecule has 0 aliphatic carbocycles. The van der Waals surface area contributed by atoms with Gasteiger partial charge in [-0.25, -0.2) is 0 Å². The Morgan fingerprint density at radius 3 is 2.61 bits per heavy atom. The number of hydrogen-bond acceptors (Lipinski definition) is 4. The molecule has 1 amide bonds. The van der Waals surface area contributed by atoms with E-state index in [1.54, 1.807) is 6.07 Å². The van der Waals surface area contributed by atoms with Crippen molar-refractivity contribution < 1.29 is 9.72 Å². The maximum absolute atomic E-state index is 10.9. The summed E-state index contributed by atoms with van der Waals surface area (Å²) in [5.74, 6) is -0.131. The van der Waals surface area contributed by atoms with Gasteiger partial charge >= 0.3 is 0 Å². The van der Waals surface area contributed by atoms with Crippen LogP contribution in [0.25, 0.3) is 0 Å². The van der Waals surface area contributed by atoms with Crippen molar-refractivity contribution in [3.8, 4) is 0 Å². The molecule has 3 N–H and O–H groups in total. The molecule has 0 radical (unpaired) electrons. The van der Waals surface area contributed by atoms with Crippen LogP contribution in [0, 0.1) is 10.1 Å². The van der Waals surface area contributed by atoms with Gasteiger partial charge in [0.2, 0.25) is 5.91 Å². The summed E-state index contributed by atoms with van der Waals surface area (Å²) >= 11 is 0. The number of nitrogen functional groups attached to an aromatic ring is 1. The molecule has 0 aromatic heterocycles. The molecule has 6 nitrogen and oxygen atoms in total. The minimum Gasteiger partial charge on any atom is -0.393 e. The maximum atomic E-state index is 10.9. The van der Waals surface area contributed by atoms with Crippen molar-refractivity contribution in [3.05, 3.63) is 33.9 Å². The Morgan fingerprint density at radius 2 is 2.11 bits per heavy atom. The van der Waals surface area contributed by atoms with Crippen LogP contribution in [0.4, 0.5) is 11.4 Å². The topological polar surface area (TPSA) is 98.3 Å². The number of carbonyl (C=O) groups is 1. The zero-order valence-electron chi connectivity index (χ0n) is 10.7. The number of carbonyl (C=O) groups excluding carboxylic acids is 1. The molecule has 6 heteroatoms. The van der Waals surface area contributed by atoms with Crippen molar-refractivity contribution in [2.24, 2.45) is 0 Å². The Labute approximate surface area is 105 Å². The highest BCUT2D eigenvalue weighted by Gasteiger charge is 2.24. The van der Waals surface area contributed by atoms with E-state index in [1.165, 1.54) is 19.1 Å². The fourth-order valence-electron chi connectivity index (χ4n) is 1.57. The first kappa shape index (κ1) is 14.0. The zero-order valence-corrected chi connectivity index (χ0v) is 10.7. The fourth-order valence-corrected chi connectivity index (χ4v) is 1.57. The van der Waals surface area contributed by atoms with E-state index >= 15 is 0 Å². The van der Waals surface area contributed by atoms with Crippen molar-refractivity contribution >= 4 is 17.3 Å². The third kappa shape index (κ3) is 3.19. The van der Waals surface area contributed by atoms with Crippen molar-refractivity contribution in [3.63, 3.8) is 0 Å². The first-order valence-corrected chi connectivity index (χ1v) is 5.53. The lowest BCUT2D eigenvalue weighted by Crippen LogP contribution is -2.35. The molecule has 1 aromatic carbocycles. The van der Waals surface area contributed by atoms with Gasteiger partial charge in [-0.15, -0.1) is 0 Å². The van der Waals surface area contributed by atoms with Crippen LogP contribution in [0.2, 0.25) is 0 Å². The van der Waals surface area contributed by atoms with Gasteiger partial charge in [0, 0.05) is 24.9 Å². The van der Waals surface area contributed by atoms with Crippen LogP contribution >= 0.6 is 0 Å². The van der Waals surface area contributed by atoms with Crippen molar-refractivity contribution in [1.29, 1.82) is 0 Å². The van der Waals surface area contributed by atoms with E-state index in [4.69, 9.17) is 5.73 Å². The summed E-state index contributed by atoms with van der Waals surface area (Å²) in [6.07, 6.45) is 0. The Bertz CT molecular complexity index is 483. The number of rotatable bonds is 4. The number of nitro benzene ring substituents is 1. The van der Waals surface area contributed by atoms with Crippen LogP contribution in [0.5, 0.6) is 0 Å². The average molecular weight is 251 g/mol. The summed E-state index contributed by atoms with van der Waals surface area (Å²) in [7, 11) is 0. The number of nitrogens with zero attached hydrogens (tertiary/aromatic N) is 1. The molecule has 0 atom stereocenters. The third-order valence-electron chi connectivity index (χ3n) is 2.79. The van der Waals surface area contributed by atoms with Crippen LogP contribution in [0.3, 0.4) is 0 Å². The van der Waals surface area contributed by atoms with E-state index in [0.717, 1.165) is 5.56 Å². The molecule has 0 spiro atoms. The normalized spacial score (nSPS) is 11.1. The zero-order chi connectivity index (χ0) is 13.9. The van der Waals surface area contributed by atoms with E-state index in [1.807, 2.05) is 13.8 Å². The van der Waals surface area contributed by atoms with E-state index < -0.39 is 10.3 Å². The van der Waals surface area contributed by atoms with Crippen LogP contribution in [-0.4, -0.2) is 17.4 Å². The molecule has 0 aliphatic rings. The van der Waals surface area contributed by atoms with Gasteiger partial charge in [-0.2, -0.15) is 0 Å². The third-order valence-corrected chi connectivity index (χ3v) is 2.79. The van der Waals surface area contributed by atoms with Crippen molar-refractivity contribution in [1.82, 2.24) is 5.32 Å². The molecule has 0 unspecified atom stereocenters. The van der Waals surface area contributed by atoms with Crippen LogP contribution < -0.4 is 11.1 Å². The smallest absolute Gasteiger partial charge is 0.292 e. The molecular formula is C12H17N3O3. The molecule has 0 saturated carbocycles. The molecule has 0 aliphatic heterocycles. The summed E-state index contributed by atoms with van der Waals surface area (Å²) in [6, 6.07) is 4.71. The van der Waals surface area contributed by atoms with Gasteiger partial charge in [0.05, 0.1) is 4.92 Å². The summed E-state index contributed by atoms with van der Waals surface area (Å²) in [4.78, 5) is 21.2. The molecule has 1 aromatic rings. The number of nitrogens with two attached hydrogens (primary N) is 1. The van der Waals surface area contributed by atoms with E-state index in [2.05, 4.69) is 5.32 Å². The highest BCUT2D eigenvalue weighted by molar-refractivity contribution is 5.73. The lowest BCUT2D eigenvalue weighted by atomic mass is 9.84. The monoisotopic (exact) mass is 251 g/mol. The van der Waals surface area contributed by atoms with Crippen LogP contribution in [0.1, 0.15) is 26.3 Å². The van der Waals surface area contributed by atoms with Gasteiger partial charge in [-0.05, 0) is 11.6 Å². The molecule has 18 heavy (non-hydrogen) atoms. The average Bonchev–Trinajstić information content (AvgIpc) is 2.26. The number of nitrogens with one attached hydrogen (secondary N) is 1. The minimum atomic E-state index is -0.507. The van der Waals surface area contributed by atoms with Crippen molar-refractivity contribution in [2.45, 2.75) is 26.2 Å². The molecular weight excluding hydrogens is 234 g/mol. The first-order valence-electron chi connectivity index (χ1n) is 5.53. The van der Waals surface area contributed by atoms with E-state index in [0.29, 0.717) is 6.54 Å². The van der Waals surface area contributed by atoms with Crippen molar-refractivity contribution in [2.75, 3.05) is 12.3 Å². The SMILES string of the molecule is CC(=O)NCC(C)(C)c1ccc(N)c([N+](=O)[O-])c1. The molecule has 0 saturated heterocycles. The predicted octanol–water partition coefficient (Wildman–Crippen LogP) is 1.59. The van der Waals surface area contributed by atoms with E-state index in [9.17, 15) is 14.9 Å². The first-order chi connectivity index (χ1) is 8.24. The number of benzene rings is 1. The van der Waals surface area contributed by atoms with Crippen LogP contribution in [-0.2, 0) is 10.2 Å². The summed E-state index contributed by atoms with van der Waals surface area (Å²) in [5, 5.41) is 13.5. The van der Waals surface area contributed by atoms with Crippen LogP contribution in [0.15, 0.2) is 18.2 Å². The lowest BCUT2D eigenvalue weighted by Gasteiger charge is -2.25. The molecule has 98 valence electrons. The maximum Gasteiger partial charge on any atom is 0.292 e. The van der Waals surface area contributed by atoms with Gasteiger partial charge in [0.1, 0.15) is 5.69 Å². The lowest BCUT2D eigenvalue weighted by molar-refractivity contribution is -0.384. The van der Waals surface area contributed by atoms with Gasteiger partial charge in [0.15, 0.2) is 0 Å². The summed E-state index contributed by atoms with van der Waals surface area (Å²) < 4.78 is 0. The molecule has 0 bridgehead atoms. The van der Waals surface area contributed by atoms with Gasteiger partial charge in [-0.3, -0.25) is 14.9 Å². The molecule has 1 rings (SSSR count). The number of hydrogen-bond donors (Lipinski definition) is 2.